The van der Waals surface area contributed by atoms with Crippen molar-refractivity contribution < 1.29 is 18.8 Å². The molecule has 28 heavy (non-hydrogen) atoms. The standard InChI is InChI=1S/C20H21BrFN3O3/c1-12(26)24-18(11-14-7-3-5-9-16(14)22)20(28)25-17(19(23)27)10-13-6-2-4-8-15(13)21/h2-9,17-18H,10-11H2,1H3,(H2,23,27)(H,24,26)(H,25,28)/t17-,18-/m0/s1. The lowest BCUT2D eigenvalue weighted by Crippen LogP contribution is -2.54. The summed E-state index contributed by atoms with van der Waals surface area (Å²) in [5.41, 5.74) is 6.51. The van der Waals surface area contributed by atoms with Crippen LogP contribution in [0.15, 0.2) is 53.0 Å². The Morgan fingerprint density at radius 3 is 2.11 bits per heavy atom. The zero-order valence-corrected chi connectivity index (χ0v) is 16.8. The SMILES string of the molecule is CC(=O)N[C@@H](Cc1ccccc1F)C(=O)N[C@@H](Cc1ccccc1Br)C(N)=O. The van der Waals surface area contributed by atoms with E-state index in [2.05, 4.69) is 26.6 Å². The largest absolute Gasteiger partial charge is 0.368 e. The molecule has 0 aliphatic carbocycles. The van der Waals surface area contributed by atoms with Gasteiger partial charge in [0.25, 0.3) is 0 Å². The molecule has 2 aromatic carbocycles. The molecule has 8 heteroatoms. The van der Waals surface area contributed by atoms with Crippen molar-refractivity contribution in [2.24, 2.45) is 5.73 Å². The molecule has 0 unspecified atom stereocenters. The second-order valence-electron chi connectivity index (χ2n) is 6.31. The highest BCUT2D eigenvalue weighted by molar-refractivity contribution is 9.10. The number of nitrogens with one attached hydrogen (secondary N) is 2. The van der Waals surface area contributed by atoms with E-state index in [-0.39, 0.29) is 18.4 Å². The number of carbonyl (C=O) groups excluding carboxylic acids is 3. The zero-order chi connectivity index (χ0) is 20.7. The highest BCUT2D eigenvalue weighted by Crippen LogP contribution is 2.17. The van der Waals surface area contributed by atoms with Crippen LogP contribution in [0.2, 0.25) is 0 Å². The summed E-state index contributed by atoms with van der Waals surface area (Å²) in [6.45, 7) is 1.26. The minimum Gasteiger partial charge on any atom is -0.368 e. The van der Waals surface area contributed by atoms with Crippen LogP contribution in [0.4, 0.5) is 4.39 Å². The first-order chi connectivity index (χ1) is 13.3. The van der Waals surface area contributed by atoms with E-state index < -0.39 is 35.6 Å². The van der Waals surface area contributed by atoms with E-state index in [1.165, 1.54) is 25.1 Å². The maximum Gasteiger partial charge on any atom is 0.243 e. The average Bonchev–Trinajstić information content (AvgIpc) is 2.63. The van der Waals surface area contributed by atoms with Crippen LogP contribution in [0.3, 0.4) is 0 Å². The van der Waals surface area contributed by atoms with Gasteiger partial charge < -0.3 is 16.4 Å². The fourth-order valence-electron chi connectivity index (χ4n) is 2.72. The number of halogens is 2. The molecule has 6 nitrogen and oxygen atoms in total. The van der Waals surface area contributed by atoms with Crippen molar-refractivity contribution in [3.05, 3.63) is 69.9 Å². The van der Waals surface area contributed by atoms with Gasteiger partial charge >= 0.3 is 0 Å². The fraction of sp³-hybridized carbons (Fsp3) is 0.250. The monoisotopic (exact) mass is 449 g/mol. The summed E-state index contributed by atoms with van der Waals surface area (Å²) in [5.74, 6) is -2.26. The van der Waals surface area contributed by atoms with Crippen molar-refractivity contribution in [2.75, 3.05) is 0 Å². The molecule has 0 aliphatic rings. The molecule has 2 rings (SSSR count). The minimum absolute atomic E-state index is 0.0569. The quantitative estimate of drug-likeness (QED) is 0.572. The first-order valence-corrected chi connectivity index (χ1v) is 9.41. The molecular formula is C20H21BrFN3O3. The number of nitrogens with two attached hydrogens (primary N) is 1. The van der Waals surface area contributed by atoms with Gasteiger partial charge in [-0.3, -0.25) is 14.4 Å². The van der Waals surface area contributed by atoms with Crippen LogP contribution < -0.4 is 16.4 Å². The highest BCUT2D eigenvalue weighted by Gasteiger charge is 2.26. The van der Waals surface area contributed by atoms with Crippen LogP contribution in [0, 0.1) is 5.82 Å². The van der Waals surface area contributed by atoms with E-state index in [0.717, 1.165) is 10.0 Å². The number of rotatable bonds is 8. The third-order valence-corrected chi connectivity index (χ3v) is 4.89. The van der Waals surface area contributed by atoms with Crippen molar-refractivity contribution in [2.45, 2.75) is 31.8 Å². The zero-order valence-electron chi connectivity index (χ0n) is 15.2. The molecular weight excluding hydrogens is 429 g/mol. The fourth-order valence-corrected chi connectivity index (χ4v) is 3.16. The Labute approximate surface area is 170 Å². The molecule has 0 fully saturated rings. The normalized spacial score (nSPS) is 12.7. The molecule has 0 radical (unpaired) electrons. The third kappa shape index (κ3) is 6.16. The van der Waals surface area contributed by atoms with Crippen molar-refractivity contribution in [1.82, 2.24) is 10.6 Å². The molecule has 0 saturated heterocycles. The van der Waals surface area contributed by atoms with Crippen LogP contribution in [-0.4, -0.2) is 29.8 Å². The Balaban J connectivity index is 2.17. The molecule has 2 atom stereocenters. The number of carbonyl (C=O) groups is 3. The summed E-state index contributed by atoms with van der Waals surface area (Å²) < 4.78 is 14.7. The summed E-state index contributed by atoms with van der Waals surface area (Å²) in [5, 5.41) is 5.06. The topological polar surface area (TPSA) is 101 Å². The molecule has 0 heterocycles. The second-order valence-corrected chi connectivity index (χ2v) is 7.16. The molecule has 148 valence electrons. The van der Waals surface area contributed by atoms with Crippen LogP contribution in [0.25, 0.3) is 0 Å². The van der Waals surface area contributed by atoms with Crippen molar-refractivity contribution in [1.29, 1.82) is 0 Å². The van der Waals surface area contributed by atoms with Gasteiger partial charge in [-0.2, -0.15) is 0 Å². The van der Waals surface area contributed by atoms with Gasteiger partial charge in [-0.1, -0.05) is 52.3 Å². The van der Waals surface area contributed by atoms with Gasteiger partial charge in [0.1, 0.15) is 17.9 Å². The summed E-state index contributed by atoms with van der Waals surface area (Å²) in [4.78, 5) is 36.1. The number of hydrogen-bond donors (Lipinski definition) is 3. The Morgan fingerprint density at radius 1 is 0.964 bits per heavy atom. The maximum absolute atomic E-state index is 13.9. The van der Waals surface area contributed by atoms with Gasteiger partial charge in [0.05, 0.1) is 0 Å². The highest BCUT2D eigenvalue weighted by atomic mass is 79.9. The summed E-state index contributed by atoms with van der Waals surface area (Å²) in [7, 11) is 0. The minimum atomic E-state index is -1.05. The van der Waals surface area contributed by atoms with E-state index in [0.29, 0.717) is 0 Å². The lowest BCUT2D eigenvalue weighted by Gasteiger charge is -2.22. The number of primary amides is 1. The Bertz CT molecular complexity index is 875. The first-order valence-electron chi connectivity index (χ1n) is 8.61. The summed E-state index contributed by atoms with van der Waals surface area (Å²) in [6, 6.07) is 11.2. The van der Waals surface area contributed by atoms with Gasteiger partial charge in [-0.05, 0) is 23.3 Å². The smallest absolute Gasteiger partial charge is 0.243 e. The summed E-state index contributed by atoms with van der Waals surface area (Å²) in [6.07, 6.45) is 0.119. The van der Waals surface area contributed by atoms with Gasteiger partial charge in [0.2, 0.25) is 17.7 Å². The van der Waals surface area contributed by atoms with E-state index in [9.17, 15) is 18.8 Å². The molecule has 0 aromatic heterocycles. The molecule has 0 spiro atoms. The molecule has 0 saturated carbocycles. The van der Waals surface area contributed by atoms with Crippen LogP contribution in [-0.2, 0) is 27.2 Å². The number of hydrogen-bond acceptors (Lipinski definition) is 3. The van der Waals surface area contributed by atoms with Crippen LogP contribution in [0.1, 0.15) is 18.1 Å². The summed E-state index contributed by atoms with van der Waals surface area (Å²) >= 11 is 3.39. The Kier molecular flexibility index (Phi) is 7.69. The second kappa shape index (κ2) is 9.98. The molecule has 0 aliphatic heterocycles. The van der Waals surface area contributed by atoms with Crippen LogP contribution >= 0.6 is 15.9 Å². The van der Waals surface area contributed by atoms with Crippen molar-refractivity contribution in [3.63, 3.8) is 0 Å². The third-order valence-electron chi connectivity index (χ3n) is 4.12. The molecule has 3 amide bonds. The van der Waals surface area contributed by atoms with E-state index in [1.807, 2.05) is 12.1 Å². The van der Waals surface area contributed by atoms with E-state index >= 15 is 0 Å². The number of amides is 3. The predicted octanol–water partition coefficient (Wildman–Crippen LogP) is 1.85. The van der Waals surface area contributed by atoms with Crippen molar-refractivity contribution in [3.8, 4) is 0 Å². The number of benzene rings is 2. The van der Waals surface area contributed by atoms with Gasteiger partial charge in [0, 0.05) is 24.2 Å². The molecule has 4 N–H and O–H groups in total. The Hall–Kier alpha value is -2.74. The average molecular weight is 450 g/mol. The Morgan fingerprint density at radius 2 is 1.54 bits per heavy atom. The predicted molar refractivity (Wildman–Crippen MR) is 107 cm³/mol. The van der Waals surface area contributed by atoms with Gasteiger partial charge in [-0.25, -0.2) is 4.39 Å². The lowest BCUT2D eigenvalue weighted by atomic mass is 10.0. The van der Waals surface area contributed by atoms with Gasteiger partial charge in [-0.15, -0.1) is 0 Å². The maximum atomic E-state index is 13.9. The van der Waals surface area contributed by atoms with E-state index in [1.54, 1.807) is 18.2 Å². The van der Waals surface area contributed by atoms with Gasteiger partial charge in [0.15, 0.2) is 0 Å². The lowest BCUT2D eigenvalue weighted by molar-refractivity contribution is -0.130. The van der Waals surface area contributed by atoms with Crippen LogP contribution in [0.5, 0.6) is 0 Å². The molecule has 2 aromatic rings. The molecule has 0 bridgehead atoms. The van der Waals surface area contributed by atoms with E-state index in [4.69, 9.17) is 5.73 Å². The van der Waals surface area contributed by atoms with Crippen molar-refractivity contribution >= 4 is 33.7 Å². The first kappa shape index (κ1) is 21.6.